The number of benzene rings is 2. The lowest BCUT2D eigenvalue weighted by atomic mass is 10.0. The van der Waals surface area contributed by atoms with Crippen molar-refractivity contribution in [1.82, 2.24) is 0 Å². The second-order valence-corrected chi connectivity index (χ2v) is 6.53. The van der Waals surface area contributed by atoms with Crippen molar-refractivity contribution < 1.29 is 4.74 Å². The van der Waals surface area contributed by atoms with Gasteiger partial charge in [0.15, 0.2) is 0 Å². The minimum Gasteiger partial charge on any atom is -0.489 e. The molecular formula is C19H17BrClNO. The maximum atomic E-state index is 9.40. The smallest absolute Gasteiger partial charge is 0.138 e. The molecular weight excluding hydrogens is 374 g/mol. The Labute approximate surface area is 150 Å². The monoisotopic (exact) mass is 389 g/mol. The fourth-order valence-electron chi connectivity index (χ4n) is 1.98. The topological polar surface area (TPSA) is 33.0 Å². The van der Waals surface area contributed by atoms with E-state index in [2.05, 4.69) is 28.9 Å². The van der Waals surface area contributed by atoms with Gasteiger partial charge in [0.05, 0.1) is 22.8 Å². The van der Waals surface area contributed by atoms with Crippen molar-refractivity contribution in [1.29, 1.82) is 5.26 Å². The van der Waals surface area contributed by atoms with E-state index in [1.807, 2.05) is 55.5 Å². The molecule has 0 heterocycles. The van der Waals surface area contributed by atoms with E-state index in [4.69, 9.17) is 16.3 Å². The second kappa shape index (κ2) is 8.19. The molecule has 0 amide bonds. The molecule has 0 fully saturated rings. The van der Waals surface area contributed by atoms with Crippen LogP contribution in [-0.2, 0) is 0 Å². The lowest BCUT2D eigenvalue weighted by Gasteiger charge is -2.14. The Balaban J connectivity index is 2.29. The normalized spacial score (nSPS) is 12.6. The van der Waals surface area contributed by atoms with E-state index < -0.39 is 0 Å². The van der Waals surface area contributed by atoms with E-state index in [0.29, 0.717) is 16.3 Å². The molecule has 2 aromatic carbocycles. The Hall–Kier alpha value is -1.76. The van der Waals surface area contributed by atoms with Gasteiger partial charge < -0.3 is 4.74 Å². The van der Waals surface area contributed by atoms with Gasteiger partial charge in [0.2, 0.25) is 0 Å². The van der Waals surface area contributed by atoms with Gasteiger partial charge in [-0.2, -0.15) is 5.26 Å². The standard InChI is InChI=1S/C19H17BrClNO/c1-3-13(2)23-19-9-4-14(11-18(19)21)10-16(12-22)15-5-7-17(20)8-6-15/h4-11,13H,3H2,1-2H3/b16-10+/t13-/m0/s1. The molecule has 23 heavy (non-hydrogen) atoms. The minimum atomic E-state index is 0.117. The summed E-state index contributed by atoms with van der Waals surface area (Å²) in [5, 5.41) is 9.95. The summed E-state index contributed by atoms with van der Waals surface area (Å²) in [7, 11) is 0. The zero-order valence-electron chi connectivity index (χ0n) is 13.0. The lowest BCUT2D eigenvalue weighted by Crippen LogP contribution is -2.09. The zero-order chi connectivity index (χ0) is 16.8. The molecule has 0 aromatic heterocycles. The Bertz CT molecular complexity index is 747. The molecule has 0 N–H and O–H groups in total. The summed E-state index contributed by atoms with van der Waals surface area (Å²) in [6.45, 7) is 4.07. The van der Waals surface area contributed by atoms with E-state index in [-0.39, 0.29) is 6.10 Å². The molecule has 0 saturated heterocycles. The molecule has 0 spiro atoms. The molecule has 0 saturated carbocycles. The molecule has 0 bridgehead atoms. The molecule has 118 valence electrons. The molecule has 2 aromatic rings. The van der Waals surface area contributed by atoms with Gasteiger partial charge in [-0.05, 0) is 54.8 Å². The Morgan fingerprint density at radius 3 is 2.57 bits per heavy atom. The SMILES string of the molecule is CC[C@H](C)Oc1ccc(/C=C(\C#N)c2ccc(Br)cc2)cc1Cl. The van der Waals surface area contributed by atoms with Gasteiger partial charge in [0.25, 0.3) is 0 Å². The highest BCUT2D eigenvalue weighted by Gasteiger charge is 2.07. The summed E-state index contributed by atoms with van der Waals surface area (Å²) in [5.74, 6) is 0.667. The highest BCUT2D eigenvalue weighted by Crippen LogP contribution is 2.29. The van der Waals surface area contributed by atoms with Crippen LogP contribution in [0.15, 0.2) is 46.9 Å². The third-order valence-electron chi connectivity index (χ3n) is 3.45. The summed E-state index contributed by atoms with van der Waals surface area (Å²) in [6, 6.07) is 15.4. The van der Waals surface area contributed by atoms with Gasteiger partial charge in [0.1, 0.15) is 5.75 Å². The van der Waals surface area contributed by atoms with Gasteiger partial charge in [-0.3, -0.25) is 0 Å². The number of rotatable bonds is 5. The predicted molar refractivity (Wildman–Crippen MR) is 99.5 cm³/mol. The summed E-state index contributed by atoms with van der Waals surface area (Å²) in [4.78, 5) is 0. The number of nitrogens with zero attached hydrogens (tertiary/aromatic N) is 1. The first-order valence-electron chi connectivity index (χ1n) is 7.37. The first-order valence-corrected chi connectivity index (χ1v) is 8.54. The minimum absolute atomic E-state index is 0.117. The second-order valence-electron chi connectivity index (χ2n) is 5.20. The van der Waals surface area contributed by atoms with Crippen molar-refractivity contribution >= 4 is 39.2 Å². The first-order chi connectivity index (χ1) is 11.0. The summed E-state index contributed by atoms with van der Waals surface area (Å²) < 4.78 is 6.74. The predicted octanol–water partition coefficient (Wildman–Crippen LogP) is 6.34. The molecule has 4 heteroatoms. The highest BCUT2D eigenvalue weighted by molar-refractivity contribution is 9.10. The van der Waals surface area contributed by atoms with Gasteiger partial charge in [-0.25, -0.2) is 0 Å². The molecule has 0 unspecified atom stereocenters. The van der Waals surface area contributed by atoms with Crippen molar-refractivity contribution in [3.05, 3.63) is 63.1 Å². The average molecular weight is 391 g/mol. The number of nitriles is 1. The van der Waals surface area contributed by atoms with Crippen LogP contribution in [0.2, 0.25) is 5.02 Å². The van der Waals surface area contributed by atoms with Crippen LogP contribution in [0.1, 0.15) is 31.4 Å². The molecule has 2 nitrogen and oxygen atoms in total. The van der Waals surface area contributed by atoms with Crippen LogP contribution in [0.3, 0.4) is 0 Å². The van der Waals surface area contributed by atoms with Crippen molar-refractivity contribution in [2.45, 2.75) is 26.4 Å². The van der Waals surface area contributed by atoms with Crippen molar-refractivity contribution in [3.8, 4) is 11.8 Å². The van der Waals surface area contributed by atoms with Crippen LogP contribution in [0, 0.1) is 11.3 Å². The molecule has 0 aliphatic rings. The summed E-state index contributed by atoms with van der Waals surface area (Å²) in [6.07, 6.45) is 2.86. The van der Waals surface area contributed by atoms with E-state index in [9.17, 15) is 5.26 Å². The number of halogens is 2. The number of hydrogen-bond donors (Lipinski definition) is 0. The average Bonchev–Trinajstić information content (AvgIpc) is 2.55. The number of hydrogen-bond acceptors (Lipinski definition) is 2. The largest absolute Gasteiger partial charge is 0.489 e. The maximum Gasteiger partial charge on any atom is 0.138 e. The van der Waals surface area contributed by atoms with Crippen LogP contribution in [0.5, 0.6) is 5.75 Å². The van der Waals surface area contributed by atoms with E-state index in [1.165, 1.54) is 0 Å². The highest BCUT2D eigenvalue weighted by atomic mass is 79.9. The third-order valence-corrected chi connectivity index (χ3v) is 4.27. The van der Waals surface area contributed by atoms with Crippen LogP contribution in [-0.4, -0.2) is 6.10 Å². The van der Waals surface area contributed by atoms with Crippen molar-refractivity contribution in [3.63, 3.8) is 0 Å². The quantitative estimate of drug-likeness (QED) is 0.440. The Morgan fingerprint density at radius 1 is 1.30 bits per heavy atom. The number of allylic oxidation sites excluding steroid dienone is 1. The van der Waals surface area contributed by atoms with E-state index in [0.717, 1.165) is 22.0 Å². The van der Waals surface area contributed by atoms with Crippen LogP contribution in [0.25, 0.3) is 11.6 Å². The van der Waals surface area contributed by atoms with Gasteiger partial charge in [-0.1, -0.05) is 52.7 Å². The third kappa shape index (κ3) is 4.86. The van der Waals surface area contributed by atoms with Crippen molar-refractivity contribution in [2.75, 3.05) is 0 Å². The van der Waals surface area contributed by atoms with E-state index in [1.54, 1.807) is 0 Å². The zero-order valence-corrected chi connectivity index (χ0v) is 15.4. The van der Waals surface area contributed by atoms with Crippen molar-refractivity contribution in [2.24, 2.45) is 0 Å². The van der Waals surface area contributed by atoms with Crippen LogP contribution in [0.4, 0.5) is 0 Å². The lowest BCUT2D eigenvalue weighted by molar-refractivity contribution is 0.217. The Morgan fingerprint density at radius 2 is 2.00 bits per heavy atom. The van der Waals surface area contributed by atoms with Crippen LogP contribution < -0.4 is 4.74 Å². The molecule has 1 atom stereocenters. The van der Waals surface area contributed by atoms with Gasteiger partial charge >= 0.3 is 0 Å². The molecule has 0 aliphatic carbocycles. The fraction of sp³-hybridized carbons (Fsp3) is 0.211. The summed E-state index contributed by atoms with van der Waals surface area (Å²) in [5.41, 5.74) is 2.32. The Kier molecular flexibility index (Phi) is 6.27. The van der Waals surface area contributed by atoms with Gasteiger partial charge in [0, 0.05) is 4.47 Å². The maximum absolute atomic E-state index is 9.40. The number of ether oxygens (including phenoxy) is 1. The van der Waals surface area contributed by atoms with Gasteiger partial charge in [-0.15, -0.1) is 0 Å². The molecule has 0 aliphatic heterocycles. The van der Waals surface area contributed by atoms with E-state index >= 15 is 0 Å². The fourth-order valence-corrected chi connectivity index (χ4v) is 2.48. The summed E-state index contributed by atoms with van der Waals surface area (Å²) >= 11 is 9.67. The molecule has 2 rings (SSSR count). The van der Waals surface area contributed by atoms with Crippen LogP contribution >= 0.6 is 27.5 Å². The molecule has 0 radical (unpaired) electrons. The first kappa shape index (κ1) is 17.6.